The van der Waals surface area contributed by atoms with Crippen molar-refractivity contribution in [1.82, 2.24) is 4.90 Å². The Morgan fingerprint density at radius 3 is 2.72 bits per heavy atom. The number of carbonyl (C=O) groups excluding carboxylic acids is 1. The highest BCUT2D eigenvalue weighted by Crippen LogP contribution is 2.24. The van der Waals surface area contributed by atoms with Crippen molar-refractivity contribution in [3.8, 4) is 0 Å². The number of hydrogen-bond donors (Lipinski definition) is 3. The van der Waals surface area contributed by atoms with E-state index in [4.69, 9.17) is 0 Å². The van der Waals surface area contributed by atoms with Crippen molar-refractivity contribution in [3.05, 3.63) is 29.3 Å². The smallest absolute Gasteiger partial charge is 0.254 e. The van der Waals surface area contributed by atoms with Crippen LogP contribution in [0.3, 0.4) is 0 Å². The van der Waals surface area contributed by atoms with Crippen LogP contribution in [0.15, 0.2) is 18.2 Å². The molecule has 1 aromatic carbocycles. The van der Waals surface area contributed by atoms with Gasteiger partial charge < -0.3 is 20.4 Å². The van der Waals surface area contributed by atoms with Gasteiger partial charge in [0.05, 0.1) is 12.2 Å². The van der Waals surface area contributed by atoms with Crippen LogP contribution in [0.25, 0.3) is 0 Å². The maximum atomic E-state index is 12.2. The van der Waals surface area contributed by atoms with Crippen LogP contribution >= 0.6 is 0 Å². The van der Waals surface area contributed by atoms with Gasteiger partial charge >= 0.3 is 0 Å². The number of amides is 1. The Morgan fingerprint density at radius 1 is 1.28 bits per heavy atom. The van der Waals surface area contributed by atoms with Gasteiger partial charge in [-0.3, -0.25) is 4.79 Å². The first-order chi connectivity index (χ1) is 8.65. The second kappa shape index (κ2) is 4.26. The molecule has 5 nitrogen and oxygen atoms in total. The summed E-state index contributed by atoms with van der Waals surface area (Å²) in [6.45, 7) is 1.32. The number of anilines is 1. The van der Waals surface area contributed by atoms with E-state index >= 15 is 0 Å². The average Bonchev–Trinajstić information content (AvgIpc) is 2.95. The highest BCUT2D eigenvalue weighted by Gasteiger charge is 2.33. The van der Waals surface area contributed by atoms with E-state index in [2.05, 4.69) is 5.32 Å². The van der Waals surface area contributed by atoms with Crippen LogP contribution < -0.4 is 5.32 Å². The Balaban J connectivity index is 1.81. The lowest BCUT2D eigenvalue weighted by Gasteiger charge is -2.15. The summed E-state index contributed by atoms with van der Waals surface area (Å²) in [6.07, 6.45) is -0.725. The third-order valence-corrected chi connectivity index (χ3v) is 3.61. The lowest BCUT2D eigenvalue weighted by atomic mass is 10.1. The molecule has 0 bridgehead atoms. The fourth-order valence-corrected chi connectivity index (χ4v) is 2.56. The number of fused-ring (bicyclic) bond motifs is 1. The van der Waals surface area contributed by atoms with Crippen molar-refractivity contribution < 1.29 is 15.0 Å². The van der Waals surface area contributed by atoms with Crippen molar-refractivity contribution in [2.75, 3.05) is 25.0 Å². The summed E-state index contributed by atoms with van der Waals surface area (Å²) in [5.74, 6) is -0.125. The Kier molecular flexibility index (Phi) is 2.72. The van der Waals surface area contributed by atoms with Gasteiger partial charge in [0.1, 0.15) is 0 Å². The molecule has 0 radical (unpaired) electrons. The standard InChI is InChI=1S/C13H16N2O3/c16-11-6-15(7-12(11)17)13(18)9-1-2-10-8(5-9)3-4-14-10/h1-2,5,11-12,14,16-17H,3-4,6-7H2. The molecule has 18 heavy (non-hydrogen) atoms. The Morgan fingerprint density at radius 2 is 2.00 bits per heavy atom. The van der Waals surface area contributed by atoms with Gasteiger partial charge in [0, 0.05) is 30.9 Å². The summed E-state index contributed by atoms with van der Waals surface area (Å²) in [4.78, 5) is 13.7. The number of hydrogen-bond acceptors (Lipinski definition) is 4. The van der Waals surface area contributed by atoms with Crippen LogP contribution in [0.1, 0.15) is 15.9 Å². The molecule has 3 rings (SSSR count). The SMILES string of the molecule is O=C(c1ccc2c(c1)CCN2)N1CC(O)C(O)C1. The summed E-state index contributed by atoms with van der Waals surface area (Å²) in [5.41, 5.74) is 2.87. The van der Waals surface area contributed by atoms with Gasteiger partial charge in [-0.15, -0.1) is 0 Å². The average molecular weight is 248 g/mol. The number of aliphatic hydroxyl groups excluding tert-OH is 2. The van der Waals surface area contributed by atoms with Gasteiger partial charge in [0.25, 0.3) is 5.91 Å². The number of carbonyl (C=O) groups is 1. The summed E-state index contributed by atoms with van der Waals surface area (Å²) in [6, 6.07) is 5.60. The second-order valence-corrected chi connectivity index (χ2v) is 4.89. The molecule has 2 atom stereocenters. The highest BCUT2D eigenvalue weighted by atomic mass is 16.3. The van der Waals surface area contributed by atoms with Crippen LogP contribution in [-0.4, -0.2) is 52.9 Å². The normalized spacial score (nSPS) is 26.0. The van der Waals surface area contributed by atoms with Crippen molar-refractivity contribution in [3.63, 3.8) is 0 Å². The quantitative estimate of drug-likeness (QED) is 0.645. The minimum Gasteiger partial charge on any atom is -0.388 e. The molecule has 0 saturated carbocycles. The van der Waals surface area contributed by atoms with Crippen molar-refractivity contribution in [1.29, 1.82) is 0 Å². The van der Waals surface area contributed by atoms with Gasteiger partial charge in [0.2, 0.25) is 0 Å². The maximum Gasteiger partial charge on any atom is 0.254 e. The number of aliphatic hydroxyl groups is 2. The van der Waals surface area contributed by atoms with E-state index in [1.54, 1.807) is 6.07 Å². The van der Waals surface area contributed by atoms with Crippen LogP contribution in [0.2, 0.25) is 0 Å². The number of nitrogens with one attached hydrogen (secondary N) is 1. The molecule has 5 heteroatoms. The largest absolute Gasteiger partial charge is 0.388 e. The molecule has 0 spiro atoms. The van der Waals surface area contributed by atoms with Gasteiger partial charge in [-0.2, -0.15) is 0 Å². The van der Waals surface area contributed by atoms with Crippen LogP contribution in [0, 0.1) is 0 Å². The van der Waals surface area contributed by atoms with Gasteiger partial charge in [0.15, 0.2) is 0 Å². The topological polar surface area (TPSA) is 72.8 Å². The molecule has 96 valence electrons. The minimum absolute atomic E-state index is 0.125. The number of nitrogens with zero attached hydrogens (tertiary/aromatic N) is 1. The zero-order valence-corrected chi connectivity index (χ0v) is 9.97. The van der Waals surface area contributed by atoms with E-state index in [9.17, 15) is 15.0 Å². The third kappa shape index (κ3) is 1.85. The zero-order valence-electron chi connectivity index (χ0n) is 9.97. The first-order valence-electron chi connectivity index (χ1n) is 6.17. The molecule has 1 amide bonds. The van der Waals surface area contributed by atoms with Crippen molar-refractivity contribution in [2.24, 2.45) is 0 Å². The number of rotatable bonds is 1. The molecule has 1 aromatic rings. The highest BCUT2D eigenvalue weighted by molar-refractivity contribution is 5.95. The molecular formula is C13H16N2O3. The summed E-state index contributed by atoms with van der Waals surface area (Å²) in [5, 5.41) is 22.2. The molecule has 1 saturated heterocycles. The fourth-order valence-electron chi connectivity index (χ4n) is 2.56. The molecular weight excluding hydrogens is 232 g/mol. The van der Waals surface area contributed by atoms with Crippen molar-refractivity contribution in [2.45, 2.75) is 18.6 Å². The van der Waals surface area contributed by atoms with Gasteiger partial charge in [-0.1, -0.05) is 0 Å². The molecule has 1 fully saturated rings. The summed E-state index contributed by atoms with van der Waals surface area (Å²) < 4.78 is 0. The van der Waals surface area contributed by atoms with E-state index < -0.39 is 12.2 Å². The first kappa shape index (κ1) is 11.5. The first-order valence-corrected chi connectivity index (χ1v) is 6.17. The summed E-state index contributed by atoms with van der Waals surface area (Å²) >= 11 is 0. The maximum absolute atomic E-state index is 12.2. The molecule has 3 N–H and O–H groups in total. The molecule has 0 aliphatic carbocycles. The molecule has 2 heterocycles. The van der Waals surface area contributed by atoms with Gasteiger partial charge in [-0.25, -0.2) is 0 Å². The van der Waals surface area contributed by atoms with E-state index in [0.29, 0.717) is 5.56 Å². The molecule has 0 aromatic heterocycles. The van der Waals surface area contributed by atoms with E-state index in [1.165, 1.54) is 4.90 Å². The molecule has 2 aliphatic heterocycles. The summed E-state index contributed by atoms with van der Waals surface area (Å²) in [7, 11) is 0. The number of likely N-dealkylation sites (tertiary alicyclic amines) is 1. The van der Waals surface area contributed by atoms with Crippen LogP contribution in [-0.2, 0) is 6.42 Å². The number of benzene rings is 1. The third-order valence-electron chi connectivity index (χ3n) is 3.61. The fraction of sp³-hybridized carbons (Fsp3) is 0.462. The van der Waals surface area contributed by atoms with E-state index in [0.717, 1.165) is 24.2 Å². The Labute approximate surface area is 105 Å². The zero-order chi connectivity index (χ0) is 12.7. The lowest BCUT2D eigenvalue weighted by Crippen LogP contribution is -2.29. The Hall–Kier alpha value is -1.59. The van der Waals surface area contributed by atoms with Gasteiger partial charge in [-0.05, 0) is 30.2 Å². The van der Waals surface area contributed by atoms with Crippen molar-refractivity contribution >= 4 is 11.6 Å². The van der Waals surface area contributed by atoms with Crippen LogP contribution in [0.5, 0.6) is 0 Å². The minimum atomic E-state index is -0.829. The second-order valence-electron chi connectivity index (χ2n) is 4.89. The monoisotopic (exact) mass is 248 g/mol. The van der Waals surface area contributed by atoms with E-state index in [1.807, 2.05) is 12.1 Å². The lowest BCUT2D eigenvalue weighted by molar-refractivity contribution is 0.0572. The molecule has 2 unspecified atom stereocenters. The van der Waals surface area contributed by atoms with Crippen LogP contribution in [0.4, 0.5) is 5.69 Å². The predicted octanol–water partition coefficient (Wildman–Crippen LogP) is -0.168. The van der Waals surface area contributed by atoms with E-state index in [-0.39, 0.29) is 19.0 Å². The number of β-amino-alcohol motifs (C(OH)–C–C–N with tert-alkyl or cyclic N) is 2. The molecule has 2 aliphatic rings. The predicted molar refractivity (Wildman–Crippen MR) is 66.6 cm³/mol. The Bertz CT molecular complexity index is 479.